The highest BCUT2D eigenvalue weighted by Gasteiger charge is 2.33. The van der Waals surface area contributed by atoms with Crippen molar-refractivity contribution >= 4 is 21.4 Å². The van der Waals surface area contributed by atoms with E-state index in [9.17, 15) is 13.2 Å². The van der Waals surface area contributed by atoms with Crippen molar-refractivity contribution in [3.63, 3.8) is 0 Å². The summed E-state index contributed by atoms with van der Waals surface area (Å²) in [4.78, 5) is 0. The molecule has 0 spiro atoms. The second-order valence-corrected chi connectivity index (χ2v) is 4.25. The molecule has 0 unspecified atom stereocenters. The summed E-state index contributed by atoms with van der Waals surface area (Å²) in [6, 6.07) is 4.22. The molecule has 5 heteroatoms. The first-order valence-electron chi connectivity index (χ1n) is 4.59. The van der Waals surface area contributed by atoms with Gasteiger partial charge < -0.3 is 4.74 Å². The van der Waals surface area contributed by atoms with Crippen molar-refractivity contribution in [1.29, 1.82) is 0 Å². The standard InChI is InChI=1S/C11H9F3OS/c1-15-5-7-6-16-10-8(7)3-2-4-9(10)11(12,13)14/h2-4,6H,5H2,1H3. The molecule has 1 heterocycles. The van der Waals surface area contributed by atoms with Crippen LogP contribution in [0.4, 0.5) is 13.2 Å². The first kappa shape index (κ1) is 11.4. The number of methoxy groups -OCH3 is 1. The fourth-order valence-electron chi connectivity index (χ4n) is 1.60. The van der Waals surface area contributed by atoms with Gasteiger partial charge in [0.1, 0.15) is 0 Å². The molecular weight excluding hydrogens is 237 g/mol. The fourth-order valence-corrected chi connectivity index (χ4v) is 2.69. The van der Waals surface area contributed by atoms with Crippen LogP contribution in [0.3, 0.4) is 0 Å². The maximum absolute atomic E-state index is 12.7. The molecule has 1 nitrogen and oxygen atoms in total. The number of hydrogen-bond acceptors (Lipinski definition) is 2. The molecule has 0 N–H and O–H groups in total. The molecule has 2 aromatic rings. The lowest BCUT2D eigenvalue weighted by Crippen LogP contribution is -2.04. The summed E-state index contributed by atoms with van der Waals surface area (Å²) in [5.74, 6) is 0. The number of thiophene rings is 1. The molecule has 0 aliphatic rings. The Labute approximate surface area is 94.5 Å². The average molecular weight is 246 g/mol. The summed E-state index contributed by atoms with van der Waals surface area (Å²) in [7, 11) is 1.52. The van der Waals surface area contributed by atoms with Crippen LogP contribution in [-0.2, 0) is 17.5 Å². The number of benzene rings is 1. The first-order chi connectivity index (χ1) is 7.54. The minimum Gasteiger partial charge on any atom is -0.380 e. The van der Waals surface area contributed by atoms with Crippen LogP contribution in [0.5, 0.6) is 0 Å². The average Bonchev–Trinajstić information content (AvgIpc) is 2.61. The van der Waals surface area contributed by atoms with Crippen molar-refractivity contribution < 1.29 is 17.9 Å². The minimum absolute atomic E-state index is 0.280. The Morgan fingerprint density at radius 3 is 2.69 bits per heavy atom. The van der Waals surface area contributed by atoms with E-state index < -0.39 is 11.7 Å². The predicted molar refractivity (Wildman–Crippen MR) is 57.5 cm³/mol. The van der Waals surface area contributed by atoms with Crippen molar-refractivity contribution in [2.45, 2.75) is 12.8 Å². The van der Waals surface area contributed by atoms with E-state index >= 15 is 0 Å². The van der Waals surface area contributed by atoms with E-state index in [1.54, 1.807) is 11.4 Å². The van der Waals surface area contributed by atoms with Crippen LogP contribution < -0.4 is 0 Å². The van der Waals surface area contributed by atoms with Gasteiger partial charge in [0.2, 0.25) is 0 Å². The second-order valence-electron chi connectivity index (χ2n) is 3.37. The van der Waals surface area contributed by atoms with Gasteiger partial charge in [-0.15, -0.1) is 11.3 Å². The van der Waals surface area contributed by atoms with Crippen LogP contribution in [0.25, 0.3) is 10.1 Å². The van der Waals surface area contributed by atoms with Gasteiger partial charge in [0.25, 0.3) is 0 Å². The van der Waals surface area contributed by atoms with Crippen LogP contribution >= 0.6 is 11.3 Å². The largest absolute Gasteiger partial charge is 0.417 e. The number of hydrogen-bond donors (Lipinski definition) is 0. The quantitative estimate of drug-likeness (QED) is 0.776. The van der Waals surface area contributed by atoms with Crippen LogP contribution in [-0.4, -0.2) is 7.11 Å². The highest BCUT2D eigenvalue weighted by atomic mass is 32.1. The third kappa shape index (κ3) is 1.92. The first-order valence-corrected chi connectivity index (χ1v) is 5.47. The Balaban J connectivity index is 2.62. The molecule has 0 fully saturated rings. The van der Waals surface area contributed by atoms with Crippen molar-refractivity contribution in [2.75, 3.05) is 7.11 Å². The van der Waals surface area contributed by atoms with Crippen LogP contribution in [0.2, 0.25) is 0 Å². The highest BCUT2D eigenvalue weighted by molar-refractivity contribution is 7.17. The summed E-state index contributed by atoms with van der Waals surface area (Å²) in [6.45, 7) is 0.335. The Hall–Kier alpha value is -1.07. The molecular formula is C11H9F3OS. The molecule has 1 aromatic heterocycles. The Morgan fingerprint density at radius 1 is 1.31 bits per heavy atom. The van der Waals surface area contributed by atoms with Gasteiger partial charge >= 0.3 is 6.18 Å². The predicted octanol–water partition coefficient (Wildman–Crippen LogP) is 4.07. The third-order valence-corrected chi connectivity index (χ3v) is 3.36. The number of alkyl halides is 3. The van der Waals surface area contributed by atoms with Gasteiger partial charge in [0, 0.05) is 11.8 Å². The van der Waals surface area contributed by atoms with E-state index in [1.165, 1.54) is 13.2 Å². The molecule has 1 aromatic carbocycles. The lowest BCUT2D eigenvalue weighted by Gasteiger charge is -2.07. The lowest BCUT2D eigenvalue weighted by atomic mass is 10.1. The summed E-state index contributed by atoms with van der Waals surface area (Å²) in [5.41, 5.74) is 0.228. The maximum Gasteiger partial charge on any atom is 0.417 e. The van der Waals surface area contributed by atoms with Gasteiger partial charge in [-0.05, 0) is 22.4 Å². The van der Waals surface area contributed by atoms with E-state index in [4.69, 9.17) is 4.74 Å². The number of rotatable bonds is 2. The van der Waals surface area contributed by atoms with Gasteiger partial charge in [-0.3, -0.25) is 0 Å². The minimum atomic E-state index is -4.30. The second kappa shape index (κ2) is 4.07. The topological polar surface area (TPSA) is 9.23 Å². The molecule has 0 aliphatic carbocycles. The van der Waals surface area contributed by atoms with Crippen LogP contribution in [0.15, 0.2) is 23.6 Å². The zero-order valence-corrected chi connectivity index (χ0v) is 9.28. The lowest BCUT2D eigenvalue weighted by molar-refractivity contribution is -0.136. The molecule has 0 saturated carbocycles. The summed E-state index contributed by atoms with van der Waals surface area (Å²) in [5, 5.41) is 2.34. The van der Waals surface area contributed by atoms with Crippen molar-refractivity contribution in [3.8, 4) is 0 Å². The Bertz CT molecular complexity index is 501. The summed E-state index contributed by atoms with van der Waals surface area (Å²) >= 11 is 1.11. The van der Waals surface area contributed by atoms with Crippen LogP contribution in [0, 0.1) is 0 Å². The van der Waals surface area contributed by atoms with Crippen molar-refractivity contribution in [2.24, 2.45) is 0 Å². The molecule has 16 heavy (non-hydrogen) atoms. The summed E-state index contributed by atoms with van der Waals surface area (Å²) < 4.78 is 43.3. The molecule has 2 rings (SSSR count). The van der Waals surface area contributed by atoms with Crippen LogP contribution in [0.1, 0.15) is 11.1 Å². The molecule has 0 atom stereocenters. The van der Waals surface area contributed by atoms with E-state index in [2.05, 4.69) is 0 Å². The zero-order chi connectivity index (χ0) is 11.8. The maximum atomic E-state index is 12.7. The fraction of sp³-hybridized carbons (Fsp3) is 0.273. The molecule has 0 radical (unpaired) electrons. The third-order valence-electron chi connectivity index (χ3n) is 2.29. The number of ether oxygens (including phenoxy) is 1. The monoisotopic (exact) mass is 246 g/mol. The molecule has 0 aliphatic heterocycles. The van der Waals surface area contributed by atoms with E-state index in [0.717, 1.165) is 23.0 Å². The summed E-state index contributed by atoms with van der Waals surface area (Å²) in [6.07, 6.45) is -4.30. The van der Waals surface area contributed by atoms with Gasteiger partial charge in [0.15, 0.2) is 0 Å². The number of fused-ring (bicyclic) bond motifs is 1. The number of halogens is 3. The highest BCUT2D eigenvalue weighted by Crippen LogP contribution is 2.38. The Morgan fingerprint density at radius 2 is 2.06 bits per heavy atom. The molecule has 86 valence electrons. The van der Waals surface area contributed by atoms with E-state index in [0.29, 0.717) is 12.0 Å². The molecule has 0 saturated heterocycles. The van der Waals surface area contributed by atoms with Gasteiger partial charge in [-0.25, -0.2) is 0 Å². The van der Waals surface area contributed by atoms with E-state index in [-0.39, 0.29) is 4.70 Å². The smallest absolute Gasteiger partial charge is 0.380 e. The van der Waals surface area contributed by atoms with Gasteiger partial charge in [-0.2, -0.15) is 13.2 Å². The SMILES string of the molecule is COCc1csc2c(C(F)(F)F)cccc12. The molecule has 0 amide bonds. The van der Waals surface area contributed by atoms with Crippen molar-refractivity contribution in [1.82, 2.24) is 0 Å². The zero-order valence-electron chi connectivity index (χ0n) is 8.47. The normalized spacial score (nSPS) is 12.2. The van der Waals surface area contributed by atoms with Gasteiger partial charge in [-0.1, -0.05) is 12.1 Å². The molecule has 0 bridgehead atoms. The Kier molecular flexibility index (Phi) is 2.90. The van der Waals surface area contributed by atoms with Crippen molar-refractivity contribution in [3.05, 3.63) is 34.7 Å². The van der Waals surface area contributed by atoms with E-state index in [1.807, 2.05) is 0 Å². The van der Waals surface area contributed by atoms with Gasteiger partial charge in [0.05, 0.1) is 12.2 Å².